The molecule has 7 heteroatoms. The van der Waals surface area contributed by atoms with Crippen molar-refractivity contribution in [1.29, 1.82) is 0 Å². The highest BCUT2D eigenvalue weighted by Crippen LogP contribution is 2.25. The quantitative estimate of drug-likeness (QED) is 0.463. The van der Waals surface area contributed by atoms with Crippen molar-refractivity contribution in [3.05, 3.63) is 99.8 Å². The maximum absolute atomic E-state index is 14.0. The normalized spacial score (nSPS) is 11.9. The molecule has 31 heavy (non-hydrogen) atoms. The van der Waals surface area contributed by atoms with Gasteiger partial charge in [0.2, 0.25) is 10.0 Å². The molecule has 0 amide bonds. The fourth-order valence-electron chi connectivity index (χ4n) is 3.09. The molecule has 0 saturated carbocycles. The molecule has 3 aromatic carbocycles. The Morgan fingerprint density at radius 2 is 1.61 bits per heavy atom. The second-order valence-corrected chi connectivity index (χ2v) is 10.4. The number of benzene rings is 3. The van der Waals surface area contributed by atoms with E-state index in [1.165, 1.54) is 24.3 Å². The number of halogens is 2. The maximum Gasteiger partial charge on any atom is 0.237 e. The summed E-state index contributed by atoms with van der Waals surface area (Å²) >= 11 is 5.94. The fourth-order valence-corrected chi connectivity index (χ4v) is 4.63. The van der Waals surface area contributed by atoms with E-state index >= 15 is 0 Å². The van der Waals surface area contributed by atoms with Gasteiger partial charge in [0.15, 0.2) is 5.78 Å². The number of nitrogens with one attached hydrogen (secondary N) is 1. The van der Waals surface area contributed by atoms with Gasteiger partial charge >= 0.3 is 0 Å². The molecule has 0 fully saturated rings. The summed E-state index contributed by atoms with van der Waals surface area (Å²) in [5.74, 6) is -1.54. The van der Waals surface area contributed by atoms with E-state index in [4.69, 9.17) is 11.6 Å². The van der Waals surface area contributed by atoms with Gasteiger partial charge in [-0.2, -0.15) is 0 Å². The van der Waals surface area contributed by atoms with Gasteiger partial charge in [-0.3, -0.25) is 9.52 Å². The summed E-state index contributed by atoms with van der Waals surface area (Å²) in [4.78, 5) is 12.9. The van der Waals surface area contributed by atoms with Crippen molar-refractivity contribution in [2.24, 2.45) is 0 Å². The summed E-state index contributed by atoms with van der Waals surface area (Å²) in [6.45, 7) is 6.27. The predicted molar refractivity (Wildman–Crippen MR) is 123 cm³/mol. The van der Waals surface area contributed by atoms with Crippen LogP contribution in [-0.4, -0.2) is 14.2 Å². The zero-order valence-corrected chi connectivity index (χ0v) is 19.0. The number of carbonyl (C=O) groups excluding carboxylic acids is 1. The Morgan fingerprint density at radius 3 is 2.23 bits per heavy atom. The number of anilines is 1. The Balaban J connectivity index is 1.80. The molecule has 3 aromatic rings. The minimum atomic E-state index is -3.95. The molecule has 0 aromatic heterocycles. The Hall–Kier alpha value is -2.70. The third kappa shape index (κ3) is 5.71. The summed E-state index contributed by atoms with van der Waals surface area (Å²) in [7, 11) is -3.95. The summed E-state index contributed by atoms with van der Waals surface area (Å²) < 4.78 is 41.4. The Labute approximate surface area is 187 Å². The number of hydrogen-bond donors (Lipinski definition) is 1. The lowest BCUT2D eigenvalue weighted by molar-refractivity contribution is 0.103. The molecule has 0 radical (unpaired) electrons. The van der Waals surface area contributed by atoms with Gasteiger partial charge in [0.1, 0.15) is 5.82 Å². The number of ketones is 1. The molecule has 3 rings (SSSR count). The first kappa shape index (κ1) is 23.0. The second kappa shape index (κ2) is 8.81. The van der Waals surface area contributed by atoms with Gasteiger partial charge in [-0.1, -0.05) is 74.8 Å². The molecular formula is C24H23ClFNO3S. The largest absolute Gasteiger partial charge is 0.289 e. The molecule has 4 nitrogen and oxygen atoms in total. The van der Waals surface area contributed by atoms with Crippen molar-refractivity contribution in [3.8, 4) is 0 Å². The molecule has 0 aliphatic carbocycles. The van der Waals surface area contributed by atoms with Crippen molar-refractivity contribution < 1.29 is 17.6 Å². The molecule has 0 saturated heterocycles. The molecule has 1 N–H and O–H groups in total. The predicted octanol–water partition coefficient (Wildman–Crippen LogP) is 5.95. The molecule has 0 atom stereocenters. The maximum atomic E-state index is 14.0. The average Bonchev–Trinajstić information content (AvgIpc) is 2.70. The Kier molecular flexibility index (Phi) is 6.53. The molecule has 0 bridgehead atoms. The van der Waals surface area contributed by atoms with Crippen molar-refractivity contribution in [2.45, 2.75) is 31.9 Å². The zero-order valence-electron chi connectivity index (χ0n) is 17.4. The average molecular weight is 460 g/mol. The van der Waals surface area contributed by atoms with Crippen molar-refractivity contribution in [3.63, 3.8) is 0 Å². The highest BCUT2D eigenvalue weighted by molar-refractivity contribution is 7.91. The van der Waals surface area contributed by atoms with Crippen LogP contribution in [0.15, 0.2) is 66.7 Å². The third-order valence-corrected chi connectivity index (χ3v) is 6.38. The third-order valence-electron chi connectivity index (χ3n) is 4.81. The number of rotatable bonds is 6. The molecule has 0 spiro atoms. The van der Waals surface area contributed by atoms with Crippen LogP contribution in [0.25, 0.3) is 0 Å². The van der Waals surface area contributed by atoms with Gasteiger partial charge in [0.05, 0.1) is 5.75 Å². The Bertz CT molecular complexity index is 1200. The Morgan fingerprint density at radius 1 is 0.968 bits per heavy atom. The molecule has 0 heterocycles. The van der Waals surface area contributed by atoms with Crippen LogP contribution in [0.1, 0.15) is 47.8 Å². The molecular weight excluding hydrogens is 437 g/mol. The smallest absolute Gasteiger partial charge is 0.237 e. The first-order valence-electron chi connectivity index (χ1n) is 9.65. The molecule has 0 aliphatic rings. The van der Waals surface area contributed by atoms with Gasteiger partial charge in [-0.25, -0.2) is 12.8 Å². The number of carbonyl (C=O) groups is 1. The lowest BCUT2D eigenvalue weighted by atomic mass is 9.86. The van der Waals surface area contributed by atoms with Gasteiger partial charge in [0.25, 0.3) is 0 Å². The van der Waals surface area contributed by atoms with Crippen molar-refractivity contribution >= 4 is 33.1 Å². The summed E-state index contributed by atoms with van der Waals surface area (Å²) in [5.41, 5.74) is 2.03. The SMILES string of the molecule is CC(C)(C)c1ccc(C(=O)c2cccc(NS(=O)(=O)Cc3c(F)cccc3Cl)c2)cc1. The highest BCUT2D eigenvalue weighted by Gasteiger charge is 2.19. The van der Waals surface area contributed by atoms with Crippen LogP contribution < -0.4 is 4.72 Å². The van der Waals surface area contributed by atoms with Crippen molar-refractivity contribution in [2.75, 3.05) is 4.72 Å². The number of sulfonamides is 1. The number of hydrogen-bond acceptors (Lipinski definition) is 3. The van der Waals surface area contributed by atoms with E-state index in [1.54, 1.807) is 24.3 Å². The van der Waals surface area contributed by atoms with E-state index in [0.717, 1.165) is 11.6 Å². The van der Waals surface area contributed by atoms with Crippen LogP contribution in [0.5, 0.6) is 0 Å². The van der Waals surface area contributed by atoms with E-state index in [0.29, 0.717) is 11.1 Å². The van der Waals surface area contributed by atoms with Gasteiger partial charge < -0.3 is 0 Å². The van der Waals surface area contributed by atoms with Crippen LogP contribution >= 0.6 is 11.6 Å². The van der Waals surface area contributed by atoms with Crippen molar-refractivity contribution in [1.82, 2.24) is 0 Å². The summed E-state index contributed by atoms with van der Waals surface area (Å²) in [6.07, 6.45) is 0. The highest BCUT2D eigenvalue weighted by atomic mass is 35.5. The minimum Gasteiger partial charge on any atom is -0.289 e. The van der Waals surface area contributed by atoms with Gasteiger partial charge in [-0.05, 0) is 35.2 Å². The first-order chi connectivity index (χ1) is 14.5. The molecule has 0 aliphatic heterocycles. The molecule has 162 valence electrons. The van der Waals surface area contributed by atoms with E-state index < -0.39 is 21.6 Å². The first-order valence-corrected chi connectivity index (χ1v) is 11.7. The van der Waals surface area contributed by atoms with Crippen LogP contribution in [0, 0.1) is 5.82 Å². The topological polar surface area (TPSA) is 63.2 Å². The second-order valence-electron chi connectivity index (χ2n) is 8.30. The van der Waals surface area contributed by atoms with E-state index in [9.17, 15) is 17.6 Å². The summed E-state index contributed by atoms with van der Waals surface area (Å²) in [6, 6.07) is 17.5. The minimum absolute atomic E-state index is 0.0269. The van der Waals surface area contributed by atoms with Crippen LogP contribution in [0.3, 0.4) is 0 Å². The fraction of sp³-hybridized carbons (Fsp3) is 0.208. The van der Waals surface area contributed by atoms with Gasteiger partial charge in [0, 0.05) is 27.4 Å². The summed E-state index contributed by atoms with van der Waals surface area (Å²) in [5, 5.41) is 0.0352. The lowest BCUT2D eigenvalue weighted by Gasteiger charge is -2.19. The van der Waals surface area contributed by atoms with E-state index in [-0.39, 0.29) is 27.5 Å². The van der Waals surface area contributed by atoms with E-state index in [2.05, 4.69) is 25.5 Å². The standard InChI is InChI=1S/C24H23ClFNO3S/c1-24(2,3)18-12-10-16(11-13-18)23(28)17-6-4-7-19(14-17)27-31(29,30)15-20-21(25)8-5-9-22(20)26/h4-14,27H,15H2,1-3H3. The lowest BCUT2D eigenvalue weighted by Crippen LogP contribution is -2.16. The monoisotopic (exact) mass is 459 g/mol. The zero-order chi connectivity index (χ0) is 22.8. The van der Waals surface area contributed by atoms with E-state index in [1.807, 2.05) is 12.1 Å². The van der Waals surface area contributed by atoms with Crippen LogP contribution in [0.4, 0.5) is 10.1 Å². The van der Waals surface area contributed by atoms with Crippen LogP contribution in [0.2, 0.25) is 5.02 Å². The van der Waals surface area contributed by atoms with Crippen LogP contribution in [-0.2, 0) is 21.2 Å². The molecule has 0 unspecified atom stereocenters. The van der Waals surface area contributed by atoms with Gasteiger partial charge in [-0.15, -0.1) is 0 Å².